The Labute approximate surface area is 205 Å². The van der Waals surface area contributed by atoms with Crippen LogP contribution in [-0.4, -0.2) is 56.5 Å². The van der Waals surface area contributed by atoms with Crippen molar-refractivity contribution in [1.29, 1.82) is 0 Å². The summed E-state index contributed by atoms with van der Waals surface area (Å²) < 4.78 is 15.5. The molecule has 1 saturated carbocycles. The van der Waals surface area contributed by atoms with E-state index in [4.69, 9.17) is 17.3 Å². The van der Waals surface area contributed by atoms with E-state index in [1.54, 1.807) is 30.3 Å². The highest BCUT2D eigenvalue weighted by molar-refractivity contribution is 6.30. The van der Waals surface area contributed by atoms with Crippen molar-refractivity contribution in [3.8, 4) is 0 Å². The number of primary amides is 1. The number of fused-ring (bicyclic) bond motifs is 1. The van der Waals surface area contributed by atoms with Gasteiger partial charge in [0.05, 0.1) is 17.1 Å². The van der Waals surface area contributed by atoms with Crippen LogP contribution >= 0.6 is 11.6 Å². The Kier molecular flexibility index (Phi) is 7.44. The number of hydrogen-bond acceptors (Lipinski definition) is 6. The lowest BCUT2D eigenvalue weighted by Gasteiger charge is -2.29. The molecule has 1 unspecified atom stereocenters. The molecule has 0 aliphatic heterocycles. The molecule has 4 N–H and O–H groups in total. The van der Waals surface area contributed by atoms with E-state index in [9.17, 15) is 23.9 Å². The summed E-state index contributed by atoms with van der Waals surface area (Å²) >= 11 is 5.82. The molecule has 184 valence electrons. The number of aliphatic hydroxyl groups is 1. The zero-order valence-corrected chi connectivity index (χ0v) is 19.5. The number of carbonyl (C=O) groups excluding carboxylic acids is 3. The second-order valence-electron chi connectivity index (χ2n) is 8.46. The van der Waals surface area contributed by atoms with Crippen molar-refractivity contribution in [2.75, 3.05) is 6.54 Å². The van der Waals surface area contributed by atoms with Crippen LogP contribution in [0.4, 0.5) is 4.39 Å². The molecule has 1 fully saturated rings. The van der Waals surface area contributed by atoms with Crippen LogP contribution in [0.2, 0.25) is 5.02 Å². The summed E-state index contributed by atoms with van der Waals surface area (Å²) in [7, 11) is 0. The van der Waals surface area contributed by atoms with Crippen molar-refractivity contribution < 1.29 is 23.9 Å². The summed E-state index contributed by atoms with van der Waals surface area (Å²) in [5.74, 6) is -1.62. The first-order valence-corrected chi connectivity index (χ1v) is 11.5. The lowest BCUT2D eigenvalue weighted by atomic mass is 10.1. The van der Waals surface area contributed by atoms with Gasteiger partial charge in [0, 0.05) is 30.1 Å². The molecule has 0 saturated heterocycles. The van der Waals surface area contributed by atoms with Crippen LogP contribution in [0.25, 0.3) is 10.9 Å². The van der Waals surface area contributed by atoms with E-state index in [2.05, 4.69) is 10.4 Å². The highest BCUT2D eigenvalue weighted by Crippen LogP contribution is 2.29. The topological polar surface area (TPSA) is 131 Å². The summed E-state index contributed by atoms with van der Waals surface area (Å²) in [6, 6.07) is 8.73. The first-order valence-electron chi connectivity index (χ1n) is 11.1. The van der Waals surface area contributed by atoms with Gasteiger partial charge in [-0.15, -0.1) is 0 Å². The summed E-state index contributed by atoms with van der Waals surface area (Å²) in [5.41, 5.74) is 6.90. The van der Waals surface area contributed by atoms with Gasteiger partial charge in [-0.2, -0.15) is 5.10 Å². The van der Waals surface area contributed by atoms with E-state index in [0.29, 0.717) is 28.3 Å². The normalized spacial score (nSPS) is 14.1. The van der Waals surface area contributed by atoms with Gasteiger partial charge in [0.2, 0.25) is 5.91 Å². The van der Waals surface area contributed by atoms with E-state index in [0.717, 1.165) is 12.8 Å². The minimum Gasteiger partial charge on any atom is -0.392 e. The largest absolute Gasteiger partial charge is 0.392 e. The molecule has 2 amide bonds. The maximum absolute atomic E-state index is 14.2. The first-order chi connectivity index (χ1) is 16.8. The Bertz CT molecular complexity index is 1280. The maximum Gasteiger partial charge on any atom is 0.269 e. The predicted octanol–water partition coefficient (Wildman–Crippen LogP) is 1.77. The molecule has 1 aliphatic carbocycles. The molecule has 0 bridgehead atoms. The number of aldehydes is 1. The molecule has 1 atom stereocenters. The molecule has 4 rings (SSSR count). The predicted molar refractivity (Wildman–Crippen MR) is 127 cm³/mol. The van der Waals surface area contributed by atoms with Crippen LogP contribution in [0, 0.1) is 5.82 Å². The number of nitrogens with two attached hydrogens (primary N) is 1. The Morgan fingerprint density at radius 1 is 1.34 bits per heavy atom. The number of carbonyl (C=O) groups is 3. The van der Waals surface area contributed by atoms with Crippen LogP contribution in [-0.2, 0) is 29.3 Å². The molecule has 35 heavy (non-hydrogen) atoms. The van der Waals surface area contributed by atoms with Crippen molar-refractivity contribution in [3.63, 3.8) is 0 Å². The lowest BCUT2D eigenvalue weighted by Crippen LogP contribution is -2.49. The molecule has 1 aromatic heterocycles. The van der Waals surface area contributed by atoms with Gasteiger partial charge in [-0.1, -0.05) is 35.9 Å². The van der Waals surface area contributed by atoms with Crippen molar-refractivity contribution in [1.82, 2.24) is 20.0 Å². The smallest absolute Gasteiger partial charge is 0.269 e. The molecule has 0 spiro atoms. The quantitative estimate of drug-likeness (QED) is 0.343. The second-order valence-corrected chi connectivity index (χ2v) is 8.87. The van der Waals surface area contributed by atoms with Gasteiger partial charge in [0.1, 0.15) is 24.7 Å². The number of nitrogens with one attached hydrogen (secondary N) is 1. The van der Waals surface area contributed by atoms with Crippen molar-refractivity contribution in [2.24, 2.45) is 5.73 Å². The fraction of sp³-hybridized carbons (Fsp3) is 0.333. The third kappa shape index (κ3) is 5.34. The van der Waals surface area contributed by atoms with Gasteiger partial charge < -0.3 is 25.9 Å². The summed E-state index contributed by atoms with van der Waals surface area (Å²) in [5, 5.41) is 17.2. The summed E-state index contributed by atoms with van der Waals surface area (Å²) in [6.07, 6.45) is 2.22. The van der Waals surface area contributed by atoms with E-state index in [-0.39, 0.29) is 48.9 Å². The van der Waals surface area contributed by atoms with Gasteiger partial charge in [-0.05, 0) is 30.5 Å². The number of halogens is 2. The number of nitrogens with zero attached hydrogens (tertiary/aromatic N) is 3. The highest BCUT2D eigenvalue weighted by Gasteiger charge is 2.37. The maximum atomic E-state index is 14.2. The molecule has 3 aromatic rings. The standard InChI is InChI=1S/C24H25ClFN5O4/c25-19-3-1-2-15(22(19)26)9-28-10-17(13-33)31(16-5-6-16)21(34)11-30-20-8-14(12-32)4-7-18(20)23(29-30)24(27)35/h1-4,7-8,13,16-17,28,32H,5-6,9-12H2,(H2,27,35). The van der Waals surface area contributed by atoms with Gasteiger partial charge >= 0.3 is 0 Å². The lowest BCUT2D eigenvalue weighted by molar-refractivity contribution is -0.137. The zero-order valence-electron chi connectivity index (χ0n) is 18.8. The highest BCUT2D eigenvalue weighted by atomic mass is 35.5. The Morgan fingerprint density at radius 2 is 2.11 bits per heavy atom. The molecule has 1 heterocycles. The van der Waals surface area contributed by atoms with Gasteiger partial charge in [-0.25, -0.2) is 4.39 Å². The van der Waals surface area contributed by atoms with Crippen molar-refractivity contribution in [3.05, 3.63) is 64.1 Å². The van der Waals surface area contributed by atoms with Gasteiger partial charge in [-0.3, -0.25) is 14.3 Å². The molecular weight excluding hydrogens is 477 g/mol. The number of rotatable bonds is 11. The van der Waals surface area contributed by atoms with Gasteiger partial charge in [0.15, 0.2) is 5.69 Å². The summed E-state index contributed by atoms with van der Waals surface area (Å²) in [4.78, 5) is 38.7. The molecular formula is C24H25ClFN5O4. The Balaban J connectivity index is 1.52. The van der Waals surface area contributed by atoms with Crippen molar-refractivity contribution in [2.45, 2.75) is 44.6 Å². The van der Waals surface area contributed by atoms with E-state index >= 15 is 0 Å². The zero-order chi connectivity index (χ0) is 25.1. The average molecular weight is 502 g/mol. The van der Waals surface area contributed by atoms with Crippen LogP contribution < -0.4 is 11.1 Å². The molecule has 9 nitrogen and oxygen atoms in total. The SMILES string of the molecule is NC(=O)c1nn(CC(=O)N(C(C=O)CNCc2cccc(Cl)c2F)C2CC2)c2cc(CO)ccc12. The van der Waals surface area contributed by atoms with Crippen LogP contribution in [0.3, 0.4) is 0 Å². The number of hydrogen-bond donors (Lipinski definition) is 3. The molecule has 11 heteroatoms. The fourth-order valence-electron chi connectivity index (χ4n) is 4.09. The van der Waals surface area contributed by atoms with E-state index in [1.165, 1.54) is 15.6 Å². The van der Waals surface area contributed by atoms with Crippen LogP contribution in [0.1, 0.15) is 34.5 Å². The molecule has 2 aromatic carbocycles. The van der Waals surface area contributed by atoms with Crippen LogP contribution in [0.15, 0.2) is 36.4 Å². The van der Waals surface area contributed by atoms with E-state index < -0.39 is 17.8 Å². The molecule has 0 radical (unpaired) electrons. The van der Waals surface area contributed by atoms with Gasteiger partial charge in [0.25, 0.3) is 5.91 Å². The van der Waals surface area contributed by atoms with E-state index in [1.807, 2.05) is 0 Å². The third-order valence-corrected chi connectivity index (χ3v) is 6.25. The number of benzene rings is 2. The minimum atomic E-state index is -0.775. The monoisotopic (exact) mass is 501 g/mol. The number of aromatic nitrogens is 2. The number of amides is 2. The average Bonchev–Trinajstić information content (AvgIpc) is 3.61. The minimum absolute atomic E-state index is 0.0113. The third-order valence-electron chi connectivity index (χ3n) is 5.96. The second kappa shape index (κ2) is 10.5. The fourth-order valence-corrected chi connectivity index (χ4v) is 4.29. The molecule has 1 aliphatic rings. The Hall–Kier alpha value is -3.34. The first kappa shape index (κ1) is 24.8. The Morgan fingerprint density at radius 3 is 2.77 bits per heavy atom. The van der Waals surface area contributed by atoms with Crippen molar-refractivity contribution >= 4 is 40.6 Å². The number of aliphatic hydroxyl groups excluding tert-OH is 1. The summed E-state index contributed by atoms with van der Waals surface area (Å²) in [6.45, 7) is -0.179. The van der Waals surface area contributed by atoms with Crippen LogP contribution in [0.5, 0.6) is 0 Å².